The van der Waals surface area contributed by atoms with Crippen LogP contribution in [0.3, 0.4) is 0 Å². The second kappa shape index (κ2) is 25.5. The SMILES string of the molecule is c1ccc(-c2cc(-c3ccccc3)cc(-c3ccccc3N3c4cc(-n5c6ccccc6c6cccc(-c7ccccc7)c65)ccc4B4c5ccc(-n6c7ccccc7c7cccc(-c8ccccc8)c76)cc5N(c5ccccc5-c5cc(-c6ccccc6)cc(-c6ccccc6)c5)c5cccc3c54)c2)cc1. The van der Waals surface area contributed by atoms with Crippen molar-refractivity contribution in [1.29, 1.82) is 0 Å². The Labute approximate surface area is 622 Å². The molecule has 4 heterocycles. The van der Waals surface area contributed by atoms with Gasteiger partial charge in [0.2, 0.25) is 0 Å². The molecule has 17 aromatic carbocycles. The lowest BCUT2D eigenvalue weighted by Gasteiger charge is -2.45. The van der Waals surface area contributed by atoms with Crippen molar-refractivity contribution < 1.29 is 0 Å². The summed E-state index contributed by atoms with van der Waals surface area (Å²) in [5.74, 6) is 0. The van der Waals surface area contributed by atoms with Crippen molar-refractivity contribution >= 4 is 101 Å². The van der Waals surface area contributed by atoms with Crippen LogP contribution in [0.4, 0.5) is 34.1 Å². The van der Waals surface area contributed by atoms with Crippen LogP contribution in [0, 0.1) is 0 Å². The molecule has 0 atom stereocenters. The summed E-state index contributed by atoms with van der Waals surface area (Å²) in [6.45, 7) is -0.227. The molecule has 5 heteroatoms. The Balaban J connectivity index is 0.860. The maximum atomic E-state index is 2.62. The number of nitrogens with zero attached hydrogens (tertiary/aromatic N) is 4. The van der Waals surface area contributed by atoms with E-state index in [4.69, 9.17) is 0 Å². The summed E-state index contributed by atoms with van der Waals surface area (Å²) in [6, 6.07) is 151. The van der Waals surface area contributed by atoms with E-state index in [-0.39, 0.29) is 6.71 Å². The fourth-order valence-electron chi connectivity index (χ4n) is 17.6. The van der Waals surface area contributed by atoms with Crippen LogP contribution >= 0.6 is 0 Å². The van der Waals surface area contributed by atoms with Crippen molar-refractivity contribution in [2.45, 2.75) is 0 Å². The average Bonchev–Trinajstić information content (AvgIpc) is 0.911. The van der Waals surface area contributed by atoms with Crippen molar-refractivity contribution in [3.63, 3.8) is 0 Å². The Morgan fingerprint density at radius 2 is 0.467 bits per heavy atom. The van der Waals surface area contributed by atoms with Gasteiger partial charge in [-0.25, -0.2) is 0 Å². The van der Waals surface area contributed by atoms with E-state index in [2.05, 4.69) is 425 Å². The average molecular weight is 1360 g/mol. The third kappa shape index (κ3) is 10.2. The smallest absolute Gasteiger partial charge is 0.252 e. The van der Waals surface area contributed by atoms with Gasteiger partial charge in [0.05, 0.1) is 33.4 Å². The summed E-state index contributed by atoms with van der Waals surface area (Å²) in [4.78, 5) is 5.24. The number of rotatable bonds is 12. The summed E-state index contributed by atoms with van der Waals surface area (Å²) in [5.41, 5.74) is 35.6. The van der Waals surface area contributed by atoms with Crippen molar-refractivity contribution in [2.75, 3.05) is 9.80 Å². The van der Waals surface area contributed by atoms with Crippen molar-refractivity contribution in [2.24, 2.45) is 0 Å². The van der Waals surface area contributed by atoms with Crippen molar-refractivity contribution in [1.82, 2.24) is 9.13 Å². The van der Waals surface area contributed by atoms with Gasteiger partial charge in [-0.05, 0) is 180 Å². The summed E-state index contributed by atoms with van der Waals surface area (Å²) < 4.78 is 5.06. The van der Waals surface area contributed by atoms with Gasteiger partial charge in [0, 0.05) is 77.9 Å². The van der Waals surface area contributed by atoms with Crippen LogP contribution in [0.2, 0.25) is 0 Å². The standard InChI is InChI=1S/C102H67BN4/c1-7-30-68(31-8-1)74-60-75(69-32-9-2-10-33-69)63-78(62-74)82-42-19-23-50-92(82)106-96-54-29-55-97-100(96)103(90-58-56-80(66-98(90)106)104-94-52-25-21-44-86(94)88-48-27-46-84(101(88)104)72-38-15-5-16-39-72)91-59-57-81(105-95-53-26-22-45-87(95)89-49-28-47-85(102(89)105)73-40-17-6-18-41-73)67-99(91)107(97)93-51-24-20-43-83(93)79-64-76(70-34-11-3-12-35-70)61-77(65-79)71-36-13-4-14-37-71/h1-67H. The maximum Gasteiger partial charge on any atom is 0.252 e. The van der Waals surface area contributed by atoms with Gasteiger partial charge in [-0.3, -0.25) is 0 Å². The van der Waals surface area contributed by atoms with Crippen LogP contribution < -0.4 is 26.2 Å². The fourth-order valence-corrected chi connectivity index (χ4v) is 17.6. The molecule has 2 aromatic heterocycles. The molecule has 0 saturated heterocycles. The van der Waals surface area contributed by atoms with Gasteiger partial charge in [-0.15, -0.1) is 0 Å². The summed E-state index contributed by atoms with van der Waals surface area (Å²) in [5, 5.41) is 4.85. The van der Waals surface area contributed by atoms with Crippen molar-refractivity contribution in [3.05, 3.63) is 406 Å². The van der Waals surface area contributed by atoms with Crippen LogP contribution in [-0.2, 0) is 0 Å². The molecule has 0 N–H and O–H groups in total. The number of hydrogen-bond donors (Lipinski definition) is 0. The Morgan fingerprint density at radius 3 is 0.850 bits per heavy atom. The highest BCUT2D eigenvalue weighted by Gasteiger charge is 2.44. The summed E-state index contributed by atoms with van der Waals surface area (Å²) in [7, 11) is 0. The number of anilines is 6. The van der Waals surface area contributed by atoms with E-state index in [1.165, 1.54) is 71.2 Å². The van der Waals surface area contributed by atoms with Crippen molar-refractivity contribution in [3.8, 4) is 100 Å². The first kappa shape index (κ1) is 61.7. The zero-order chi connectivity index (χ0) is 70.5. The molecule has 498 valence electrons. The van der Waals surface area contributed by atoms with E-state index in [9.17, 15) is 0 Å². The second-order valence-corrected chi connectivity index (χ2v) is 28.2. The topological polar surface area (TPSA) is 16.3 Å². The summed E-state index contributed by atoms with van der Waals surface area (Å²) in [6.07, 6.45) is 0. The zero-order valence-corrected chi connectivity index (χ0v) is 58.5. The van der Waals surface area contributed by atoms with Crippen LogP contribution in [0.25, 0.3) is 144 Å². The molecule has 0 unspecified atom stereocenters. The predicted molar refractivity (Wildman–Crippen MR) is 453 cm³/mol. The summed E-state index contributed by atoms with van der Waals surface area (Å²) >= 11 is 0. The molecule has 0 aliphatic carbocycles. The molecule has 2 aliphatic rings. The van der Waals surface area contributed by atoms with Gasteiger partial charge in [-0.2, -0.15) is 0 Å². The van der Waals surface area contributed by atoms with Gasteiger partial charge >= 0.3 is 0 Å². The molecule has 4 nitrogen and oxygen atoms in total. The lowest BCUT2D eigenvalue weighted by Crippen LogP contribution is -2.61. The molecule has 0 radical (unpaired) electrons. The minimum absolute atomic E-state index is 0.227. The largest absolute Gasteiger partial charge is 0.311 e. The van der Waals surface area contributed by atoms with E-state index in [1.807, 2.05) is 0 Å². The van der Waals surface area contributed by atoms with Gasteiger partial charge in [0.15, 0.2) is 0 Å². The van der Waals surface area contributed by atoms with Crippen LogP contribution in [0.15, 0.2) is 406 Å². The molecule has 2 aliphatic heterocycles. The molecule has 0 bridgehead atoms. The first-order chi connectivity index (χ1) is 53.1. The normalized spacial score (nSPS) is 12.2. The fraction of sp³-hybridized carbons (Fsp3) is 0. The molecule has 0 spiro atoms. The highest BCUT2D eigenvalue weighted by atomic mass is 15.2. The monoisotopic (exact) mass is 1360 g/mol. The van der Waals surface area contributed by atoms with Gasteiger partial charge < -0.3 is 18.9 Å². The molecule has 19 aromatic rings. The van der Waals surface area contributed by atoms with Crippen LogP contribution in [-0.4, -0.2) is 15.8 Å². The zero-order valence-electron chi connectivity index (χ0n) is 58.5. The number of aromatic nitrogens is 2. The molecule has 0 saturated carbocycles. The third-order valence-electron chi connectivity index (χ3n) is 22.2. The van der Waals surface area contributed by atoms with Gasteiger partial charge in [0.1, 0.15) is 0 Å². The Bertz CT molecular complexity index is 6170. The Morgan fingerprint density at radius 1 is 0.178 bits per heavy atom. The minimum Gasteiger partial charge on any atom is -0.311 e. The molecular formula is C102H67BN4. The highest BCUT2D eigenvalue weighted by Crippen LogP contribution is 2.51. The molecule has 0 amide bonds. The highest BCUT2D eigenvalue weighted by molar-refractivity contribution is 7.00. The lowest BCUT2D eigenvalue weighted by atomic mass is 9.33. The number of fused-ring (bicyclic) bond motifs is 10. The molecule has 0 fully saturated rings. The third-order valence-corrected chi connectivity index (χ3v) is 22.2. The maximum absolute atomic E-state index is 2.62. The molecular weight excluding hydrogens is 1290 g/mol. The number of hydrogen-bond acceptors (Lipinski definition) is 2. The lowest BCUT2D eigenvalue weighted by molar-refractivity contribution is 1.17. The van der Waals surface area contributed by atoms with Crippen LogP contribution in [0.5, 0.6) is 0 Å². The second-order valence-electron chi connectivity index (χ2n) is 28.2. The number of benzene rings is 17. The first-order valence-electron chi connectivity index (χ1n) is 37.0. The predicted octanol–water partition coefficient (Wildman–Crippen LogP) is 25.3. The molecule has 107 heavy (non-hydrogen) atoms. The quantitative estimate of drug-likeness (QED) is 0.113. The van der Waals surface area contributed by atoms with E-state index >= 15 is 0 Å². The Hall–Kier alpha value is -14.0. The van der Waals surface area contributed by atoms with E-state index in [1.54, 1.807) is 0 Å². The van der Waals surface area contributed by atoms with E-state index in [0.717, 1.165) is 123 Å². The van der Waals surface area contributed by atoms with E-state index in [0.29, 0.717) is 0 Å². The van der Waals surface area contributed by atoms with Gasteiger partial charge in [0.25, 0.3) is 6.71 Å². The number of para-hydroxylation sites is 6. The molecule has 21 rings (SSSR count). The minimum atomic E-state index is -0.227. The van der Waals surface area contributed by atoms with Crippen LogP contribution in [0.1, 0.15) is 0 Å². The Kier molecular flexibility index (Phi) is 14.7. The first-order valence-corrected chi connectivity index (χ1v) is 37.0. The van der Waals surface area contributed by atoms with E-state index < -0.39 is 0 Å². The van der Waals surface area contributed by atoms with Gasteiger partial charge in [-0.1, -0.05) is 309 Å².